The number of ether oxygens (including phenoxy) is 2. The van der Waals surface area contributed by atoms with Crippen LogP contribution >= 0.6 is 11.8 Å². The van der Waals surface area contributed by atoms with Crippen molar-refractivity contribution in [1.29, 1.82) is 0 Å². The van der Waals surface area contributed by atoms with E-state index >= 15 is 0 Å². The Labute approximate surface area is 161 Å². The molecule has 0 saturated carbocycles. The summed E-state index contributed by atoms with van der Waals surface area (Å²) in [6.07, 6.45) is 1.83. The van der Waals surface area contributed by atoms with E-state index in [4.69, 9.17) is 4.74 Å². The molecular formula is C20H18N2O4S. The minimum absolute atomic E-state index is 0.110. The van der Waals surface area contributed by atoms with Gasteiger partial charge in [-0.2, -0.15) is 0 Å². The monoisotopic (exact) mass is 382 g/mol. The van der Waals surface area contributed by atoms with Crippen molar-refractivity contribution in [2.75, 3.05) is 21.3 Å². The van der Waals surface area contributed by atoms with Gasteiger partial charge in [0.1, 0.15) is 5.75 Å². The molecule has 0 unspecified atom stereocenters. The van der Waals surface area contributed by atoms with Crippen molar-refractivity contribution in [3.8, 4) is 5.75 Å². The molecule has 7 heteroatoms. The molecule has 1 aliphatic heterocycles. The quantitative estimate of drug-likeness (QED) is 0.596. The third-order valence-corrected chi connectivity index (χ3v) is 4.99. The third-order valence-electron chi connectivity index (χ3n) is 3.93. The van der Waals surface area contributed by atoms with E-state index in [2.05, 4.69) is 9.73 Å². The first kappa shape index (κ1) is 18.7. The Morgan fingerprint density at radius 1 is 1.07 bits per heavy atom. The van der Waals surface area contributed by atoms with Crippen molar-refractivity contribution in [3.63, 3.8) is 0 Å². The van der Waals surface area contributed by atoms with Crippen LogP contribution in [0.25, 0.3) is 6.08 Å². The highest BCUT2D eigenvalue weighted by molar-refractivity contribution is 8.18. The Morgan fingerprint density at radius 3 is 2.33 bits per heavy atom. The van der Waals surface area contributed by atoms with E-state index < -0.39 is 5.97 Å². The maximum absolute atomic E-state index is 12.5. The van der Waals surface area contributed by atoms with Crippen LogP contribution in [0.1, 0.15) is 15.9 Å². The highest BCUT2D eigenvalue weighted by Crippen LogP contribution is 2.33. The Balaban J connectivity index is 1.81. The molecular weight excluding hydrogens is 364 g/mol. The summed E-state index contributed by atoms with van der Waals surface area (Å²) < 4.78 is 9.82. The summed E-state index contributed by atoms with van der Waals surface area (Å²) in [6, 6.07) is 14.2. The number of thioether (sulfide) groups is 1. The van der Waals surface area contributed by atoms with Crippen molar-refractivity contribution >= 4 is 40.6 Å². The van der Waals surface area contributed by atoms with Crippen LogP contribution in [0, 0.1) is 0 Å². The van der Waals surface area contributed by atoms with Crippen LogP contribution in [0.5, 0.6) is 5.75 Å². The molecule has 138 valence electrons. The van der Waals surface area contributed by atoms with Crippen LogP contribution in [0.15, 0.2) is 58.4 Å². The molecule has 0 bridgehead atoms. The number of hydrogen-bond acceptors (Lipinski definition) is 6. The largest absolute Gasteiger partial charge is 0.497 e. The van der Waals surface area contributed by atoms with E-state index in [1.54, 1.807) is 38.4 Å². The van der Waals surface area contributed by atoms with E-state index in [9.17, 15) is 9.59 Å². The lowest BCUT2D eigenvalue weighted by molar-refractivity contribution is -0.121. The number of amidine groups is 1. The van der Waals surface area contributed by atoms with E-state index in [-0.39, 0.29) is 5.91 Å². The number of nitrogens with zero attached hydrogens (tertiary/aromatic N) is 2. The van der Waals surface area contributed by atoms with Gasteiger partial charge < -0.3 is 9.47 Å². The fourth-order valence-corrected chi connectivity index (χ4v) is 3.39. The predicted molar refractivity (Wildman–Crippen MR) is 106 cm³/mol. The van der Waals surface area contributed by atoms with Gasteiger partial charge in [0.15, 0.2) is 5.17 Å². The number of likely N-dealkylation sites (N-methyl/N-ethyl adjacent to an activating group) is 1. The summed E-state index contributed by atoms with van der Waals surface area (Å²) in [4.78, 5) is 30.6. The maximum atomic E-state index is 12.5. The molecule has 0 aromatic heterocycles. The number of esters is 1. The SMILES string of the molecule is COC(=O)c1ccc(N=C2S/C(=C\c3ccc(OC)cc3)C(=O)N2C)cc1. The lowest BCUT2D eigenvalue weighted by atomic mass is 10.2. The van der Waals surface area contributed by atoms with Crippen molar-refractivity contribution in [3.05, 3.63) is 64.6 Å². The Hall–Kier alpha value is -3.06. The zero-order valence-corrected chi connectivity index (χ0v) is 15.9. The van der Waals surface area contributed by atoms with Gasteiger partial charge in [0.2, 0.25) is 0 Å². The third kappa shape index (κ3) is 4.20. The van der Waals surface area contributed by atoms with Crippen LogP contribution in [0.4, 0.5) is 5.69 Å². The molecule has 27 heavy (non-hydrogen) atoms. The first-order valence-corrected chi connectivity index (χ1v) is 8.92. The number of methoxy groups -OCH3 is 2. The average Bonchev–Trinajstić information content (AvgIpc) is 2.96. The average molecular weight is 382 g/mol. The molecule has 2 aromatic rings. The first-order valence-electron chi connectivity index (χ1n) is 8.10. The lowest BCUT2D eigenvalue weighted by Crippen LogP contribution is -2.23. The summed E-state index contributed by atoms with van der Waals surface area (Å²) >= 11 is 1.31. The number of rotatable bonds is 4. The Kier molecular flexibility index (Phi) is 5.61. The number of amides is 1. The fourth-order valence-electron chi connectivity index (χ4n) is 2.40. The zero-order chi connectivity index (χ0) is 19.4. The maximum Gasteiger partial charge on any atom is 0.337 e. The van der Waals surface area contributed by atoms with Gasteiger partial charge in [-0.05, 0) is 59.8 Å². The molecule has 0 radical (unpaired) electrons. The van der Waals surface area contributed by atoms with Crippen molar-refractivity contribution in [2.45, 2.75) is 0 Å². The van der Waals surface area contributed by atoms with Crippen LogP contribution in [-0.2, 0) is 9.53 Å². The topological polar surface area (TPSA) is 68.2 Å². The number of aliphatic imine (C=N–C) groups is 1. The van der Waals surface area contributed by atoms with Crippen molar-refractivity contribution < 1.29 is 19.1 Å². The number of hydrogen-bond donors (Lipinski definition) is 0. The molecule has 1 amide bonds. The molecule has 1 heterocycles. The molecule has 0 N–H and O–H groups in total. The van der Waals surface area contributed by atoms with Gasteiger partial charge in [0.05, 0.1) is 30.4 Å². The van der Waals surface area contributed by atoms with Gasteiger partial charge in [-0.3, -0.25) is 9.69 Å². The minimum Gasteiger partial charge on any atom is -0.497 e. The van der Waals surface area contributed by atoms with Crippen molar-refractivity contribution in [1.82, 2.24) is 4.90 Å². The molecule has 1 fully saturated rings. The van der Waals surface area contributed by atoms with Gasteiger partial charge in [0, 0.05) is 7.05 Å². The summed E-state index contributed by atoms with van der Waals surface area (Å²) in [7, 11) is 4.63. The van der Waals surface area contributed by atoms with Crippen LogP contribution in [-0.4, -0.2) is 43.2 Å². The van der Waals surface area contributed by atoms with Crippen LogP contribution < -0.4 is 4.74 Å². The summed E-state index contributed by atoms with van der Waals surface area (Å²) in [5.74, 6) is 0.250. The highest BCUT2D eigenvalue weighted by Gasteiger charge is 2.30. The molecule has 0 atom stereocenters. The smallest absolute Gasteiger partial charge is 0.337 e. The molecule has 6 nitrogen and oxygen atoms in total. The Morgan fingerprint density at radius 2 is 1.74 bits per heavy atom. The molecule has 2 aromatic carbocycles. The minimum atomic E-state index is -0.401. The molecule has 1 aliphatic rings. The van der Waals surface area contributed by atoms with Crippen LogP contribution in [0.2, 0.25) is 0 Å². The van der Waals surface area contributed by atoms with Crippen molar-refractivity contribution in [2.24, 2.45) is 4.99 Å². The summed E-state index contributed by atoms with van der Waals surface area (Å²) in [5.41, 5.74) is 2.00. The van der Waals surface area contributed by atoms with E-state index in [0.717, 1.165) is 11.3 Å². The second kappa shape index (κ2) is 8.09. The summed E-state index contributed by atoms with van der Waals surface area (Å²) in [5, 5.41) is 0.575. The van der Waals surface area contributed by atoms with E-state index in [0.29, 0.717) is 21.3 Å². The first-order chi connectivity index (χ1) is 13.0. The van der Waals surface area contributed by atoms with E-state index in [1.807, 2.05) is 30.3 Å². The standard InChI is InChI=1S/C20H18N2O4S/c1-22-18(23)17(12-13-4-10-16(25-2)11-5-13)27-20(22)21-15-8-6-14(7-9-15)19(24)26-3/h4-12H,1-3H3/b17-12-,21-20?. The van der Waals surface area contributed by atoms with Gasteiger partial charge in [-0.1, -0.05) is 12.1 Å². The van der Waals surface area contributed by atoms with E-state index in [1.165, 1.54) is 23.8 Å². The molecule has 1 saturated heterocycles. The van der Waals surface area contributed by atoms with Gasteiger partial charge >= 0.3 is 5.97 Å². The summed E-state index contributed by atoms with van der Waals surface area (Å²) in [6.45, 7) is 0. The second-order valence-corrected chi connectivity index (χ2v) is 6.69. The molecule has 3 rings (SSSR count). The highest BCUT2D eigenvalue weighted by atomic mass is 32.2. The Bertz CT molecular complexity index is 918. The number of carbonyl (C=O) groups is 2. The zero-order valence-electron chi connectivity index (χ0n) is 15.1. The van der Waals surface area contributed by atoms with Gasteiger partial charge in [0.25, 0.3) is 5.91 Å². The fraction of sp³-hybridized carbons (Fsp3) is 0.150. The van der Waals surface area contributed by atoms with Gasteiger partial charge in [-0.25, -0.2) is 9.79 Å². The van der Waals surface area contributed by atoms with Crippen LogP contribution in [0.3, 0.4) is 0 Å². The second-order valence-electron chi connectivity index (χ2n) is 5.68. The normalized spacial score (nSPS) is 16.9. The predicted octanol–water partition coefficient (Wildman–Crippen LogP) is 3.72. The molecule has 0 aliphatic carbocycles. The lowest BCUT2D eigenvalue weighted by Gasteiger charge is -2.07. The number of benzene rings is 2. The number of carbonyl (C=O) groups excluding carboxylic acids is 2. The van der Waals surface area contributed by atoms with Gasteiger partial charge in [-0.15, -0.1) is 0 Å². The molecule has 0 spiro atoms.